The lowest BCUT2D eigenvalue weighted by atomic mass is 10.0. The van der Waals surface area contributed by atoms with Gasteiger partial charge in [0, 0.05) is 0 Å². The van der Waals surface area contributed by atoms with Gasteiger partial charge in [0.2, 0.25) is 0 Å². The van der Waals surface area contributed by atoms with E-state index in [4.69, 9.17) is 28.6 Å². The minimum absolute atomic E-state index is 0.0406. The number of benzene rings is 3. The Balaban J connectivity index is 1.87. The van der Waals surface area contributed by atoms with Crippen molar-refractivity contribution in [2.45, 2.75) is 6.92 Å². The molecular weight excluding hydrogens is 460 g/mol. The summed E-state index contributed by atoms with van der Waals surface area (Å²) in [5.41, 5.74) is 1.38. The molecule has 0 saturated carbocycles. The van der Waals surface area contributed by atoms with Crippen LogP contribution in [0.1, 0.15) is 12.5 Å². The fourth-order valence-electron chi connectivity index (χ4n) is 3.45. The van der Waals surface area contributed by atoms with Gasteiger partial charge in [0.1, 0.15) is 5.57 Å². The van der Waals surface area contributed by atoms with Crippen LogP contribution in [0.25, 0.3) is 6.08 Å². The third-order valence-corrected chi connectivity index (χ3v) is 5.59. The average Bonchev–Trinajstić information content (AvgIpc) is 2.81. The van der Waals surface area contributed by atoms with E-state index in [-0.39, 0.29) is 27.2 Å². The van der Waals surface area contributed by atoms with E-state index < -0.39 is 11.8 Å². The zero-order valence-electron chi connectivity index (χ0n) is 17.6. The molecule has 4 rings (SSSR count). The van der Waals surface area contributed by atoms with Gasteiger partial charge in [-0.25, -0.2) is 0 Å². The Morgan fingerprint density at radius 2 is 1.45 bits per heavy atom. The molecule has 0 atom stereocenters. The average molecular weight is 479 g/mol. The Kier molecular flexibility index (Phi) is 6.44. The Bertz CT molecular complexity index is 1200. The van der Waals surface area contributed by atoms with Gasteiger partial charge < -0.3 is 9.84 Å². The second-order valence-electron chi connectivity index (χ2n) is 7.08. The Morgan fingerprint density at radius 3 is 1.94 bits per heavy atom. The molecule has 1 saturated heterocycles. The number of rotatable bonds is 5. The van der Waals surface area contributed by atoms with Crippen LogP contribution in [-0.2, 0) is 9.59 Å². The van der Waals surface area contributed by atoms with E-state index >= 15 is 0 Å². The quantitative estimate of drug-likeness (QED) is 0.310. The molecule has 0 aromatic heterocycles. The van der Waals surface area contributed by atoms with Crippen LogP contribution in [0.5, 0.6) is 11.5 Å². The van der Waals surface area contributed by atoms with E-state index in [2.05, 4.69) is 0 Å². The van der Waals surface area contributed by atoms with Crippen LogP contribution < -0.4 is 14.5 Å². The highest BCUT2D eigenvalue weighted by Crippen LogP contribution is 2.37. The largest absolute Gasteiger partial charge is 0.503 e. The molecule has 0 radical (unpaired) electrons. The van der Waals surface area contributed by atoms with Gasteiger partial charge in [-0.2, -0.15) is 0 Å². The van der Waals surface area contributed by atoms with E-state index in [9.17, 15) is 14.7 Å². The van der Waals surface area contributed by atoms with Crippen LogP contribution in [-0.4, -0.2) is 28.6 Å². The van der Waals surface area contributed by atoms with Crippen molar-refractivity contribution in [3.8, 4) is 11.5 Å². The zero-order chi connectivity index (χ0) is 23.5. The van der Waals surface area contributed by atoms with Crippen LogP contribution in [0.15, 0.2) is 78.4 Å². The Morgan fingerprint density at radius 1 is 0.939 bits per heavy atom. The number of thiocarbonyl (C=S) groups is 1. The predicted octanol–water partition coefficient (Wildman–Crippen LogP) is 5.19. The Labute approximate surface area is 201 Å². The van der Waals surface area contributed by atoms with Crippen molar-refractivity contribution in [2.75, 3.05) is 16.4 Å². The SMILES string of the molecule is CCOc1cc(C=C2C(=O)N(c3ccccc3)C(=S)N(c3ccccc3)C2=O)cc(Cl)c1O. The molecule has 3 aromatic carbocycles. The monoisotopic (exact) mass is 478 g/mol. The van der Waals surface area contributed by atoms with E-state index in [1.54, 1.807) is 55.5 Å². The topological polar surface area (TPSA) is 70.1 Å². The van der Waals surface area contributed by atoms with Crippen LogP contribution in [0.3, 0.4) is 0 Å². The van der Waals surface area contributed by atoms with Gasteiger partial charge in [0.15, 0.2) is 16.6 Å². The highest BCUT2D eigenvalue weighted by Gasteiger charge is 2.41. The van der Waals surface area contributed by atoms with Crippen LogP contribution in [0.4, 0.5) is 11.4 Å². The molecule has 1 heterocycles. The summed E-state index contributed by atoms with van der Waals surface area (Å²) in [6.07, 6.45) is 1.42. The maximum atomic E-state index is 13.5. The number of hydrogen-bond donors (Lipinski definition) is 1. The Hall–Kier alpha value is -3.68. The normalized spacial score (nSPS) is 14.0. The first-order valence-corrected chi connectivity index (χ1v) is 10.9. The maximum absolute atomic E-state index is 13.5. The summed E-state index contributed by atoms with van der Waals surface area (Å²) in [5.74, 6) is -1.18. The van der Waals surface area contributed by atoms with Crippen molar-refractivity contribution in [1.29, 1.82) is 0 Å². The van der Waals surface area contributed by atoms with Gasteiger partial charge in [-0.05, 0) is 67.2 Å². The molecule has 6 nitrogen and oxygen atoms in total. The van der Waals surface area contributed by atoms with Crippen LogP contribution in [0.2, 0.25) is 5.02 Å². The summed E-state index contributed by atoms with van der Waals surface area (Å²) in [7, 11) is 0. The molecule has 3 aromatic rings. The summed E-state index contributed by atoms with van der Waals surface area (Å²) >= 11 is 11.7. The molecular formula is C25H19ClN2O4S. The predicted molar refractivity (Wildman–Crippen MR) is 133 cm³/mol. The van der Waals surface area contributed by atoms with E-state index in [1.807, 2.05) is 12.1 Å². The lowest BCUT2D eigenvalue weighted by Gasteiger charge is -2.36. The van der Waals surface area contributed by atoms with Gasteiger partial charge in [0.05, 0.1) is 23.0 Å². The van der Waals surface area contributed by atoms with Crippen molar-refractivity contribution in [2.24, 2.45) is 0 Å². The van der Waals surface area contributed by atoms with E-state index in [0.29, 0.717) is 23.5 Å². The number of para-hydroxylation sites is 2. The number of anilines is 2. The molecule has 0 unspecified atom stereocenters. The summed E-state index contributed by atoms with van der Waals surface area (Å²) in [5, 5.41) is 10.2. The van der Waals surface area contributed by atoms with Crippen molar-refractivity contribution >= 4 is 58.2 Å². The van der Waals surface area contributed by atoms with Crippen molar-refractivity contribution in [1.82, 2.24) is 0 Å². The molecule has 166 valence electrons. The van der Waals surface area contributed by atoms with E-state index in [1.165, 1.54) is 28.0 Å². The number of phenolic OH excluding ortho intramolecular Hbond substituents is 1. The maximum Gasteiger partial charge on any atom is 0.270 e. The first kappa shape index (κ1) is 22.5. The third kappa shape index (κ3) is 4.33. The molecule has 33 heavy (non-hydrogen) atoms. The second-order valence-corrected chi connectivity index (χ2v) is 7.85. The van der Waals surface area contributed by atoms with Crippen LogP contribution >= 0.6 is 23.8 Å². The van der Waals surface area contributed by atoms with Gasteiger partial charge in [-0.15, -0.1) is 0 Å². The fourth-order valence-corrected chi connectivity index (χ4v) is 4.04. The molecule has 1 aliphatic rings. The number of carbonyl (C=O) groups is 2. The number of aromatic hydroxyl groups is 1. The van der Waals surface area contributed by atoms with E-state index in [0.717, 1.165) is 0 Å². The van der Waals surface area contributed by atoms with Gasteiger partial charge >= 0.3 is 0 Å². The molecule has 0 aliphatic carbocycles. The highest BCUT2D eigenvalue weighted by atomic mass is 35.5. The highest BCUT2D eigenvalue weighted by molar-refractivity contribution is 7.81. The fraction of sp³-hybridized carbons (Fsp3) is 0.0800. The number of amides is 2. The van der Waals surface area contributed by atoms with Crippen molar-refractivity contribution in [3.05, 3.63) is 89.0 Å². The van der Waals surface area contributed by atoms with Crippen molar-refractivity contribution < 1.29 is 19.4 Å². The number of phenols is 1. The molecule has 0 bridgehead atoms. The minimum Gasteiger partial charge on any atom is -0.503 e. The van der Waals surface area contributed by atoms with Gasteiger partial charge in [-0.1, -0.05) is 48.0 Å². The molecule has 2 amide bonds. The molecule has 0 spiro atoms. The summed E-state index contributed by atoms with van der Waals surface area (Å²) in [4.78, 5) is 29.6. The summed E-state index contributed by atoms with van der Waals surface area (Å²) < 4.78 is 5.42. The standard InChI is InChI=1S/C25H19ClN2O4S/c1-2-32-21-15-16(14-20(26)22(21)29)13-19-23(30)27(17-9-5-3-6-10-17)25(33)28(24(19)31)18-11-7-4-8-12-18/h3-15,29H,2H2,1H3. The number of nitrogens with zero attached hydrogens (tertiary/aromatic N) is 2. The smallest absolute Gasteiger partial charge is 0.270 e. The molecule has 1 aliphatic heterocycles. The first-order chi connectivity index (χ1) is 15.9. The van der Waals surface area contributed by atoms with Gasteiger partial charge in [-0.3, -0.25) is 19.4 Å². The van der Waals surface area contributed by atoms with Crippen molar-refractivity contribution in [3.63, 3.8) is 0 Å². The minimum atomic E-state index is -0.564. The molecule has 1 fully saturated rings. The second kappa shape index (κ2) is 9.44. The molecule has 8 heteroatoms. The summed E-state index contributed by atoms with van der Waals surface area (Å²) in [6, 6.07) is 20.7. The lowest BCUT2D eigenvalue weighted by molar-refractivity contribution is -0.120. The number of ether oxygens (including phenoxy) is 1. The number of hydrogen-bond acceptors (Lipinski definition) is 5. The number of carbonyl (C=O) groups excluding carboxylic acids is 2. The lowest BCUT2D eigenvalue weighted by Crippen LogP contribution is -2.56. The summed E-state index contributed by atoms with van der Waals surface area (Å²) in [6.45, 7) is 2.07. The first-order valence-electron chi connectivity index (χ1n) is 10.1. The van der Waals surface area contributed by atoms with Crippen LogP contribution in [0, 0.1) is 0 Å². The third-order valence-electron chi connectivity index (χ3n) is 4.94. The zero-order valence-corrected chi connectivity index (χ0v) is 19.1. The number of halogens is 1. The molecule has 1 N–H and O–H groups in total. The van der Waals surface area contributed by atoms with Gasteiger partial charge in [0.25, 0.3) is 11.8 Å².